The number of morpholine rings is 1. The van der Waals surface area contributed by atoms with E-state index in [1.54, 1.807) is 12.3 Å². The number of ether oxygens (including phenoxy) is 1. The molecule has 1 amide bonds. The zero-order valence-corrected chi connectivity index (χ0v) is 21.2. The van der Waals surface area contributed by atoms with Gasteiger partial charge in [-0.05, 0) is 38.0 Å². The molecular formula is C24H27F6N3O7. The molecule has 2 saturated heterocycles. The van der Waals surface area contributed by atoms with Gasteiger partial charge in [-0.15, -0.1) is 0 Å². The van der Waals surface area contributed by atoms with Gasteiger partial charge in [-0.2, -0.15) is 26.3 Å². The van der Waals surface area contributed by atoms with E-state index in [0.29, 0.717) is 11.3 Å². The molecule has 40 heavy (non-hydrogen) atoms. The van der Waals surface area contributed by atoms with Crippen LogP contribution in [-0.2, 0) is 20.9 Å². The number of piperidine rings is 1. The predicted octanol–water partition coefficient (Wildman–Crippen LogP) is 3.76. The maximum absolute atomic E-state index is 12.7. The number of likely N-dealkylation sites (tertiary alicyclic amines) is 1. The third-order valence-electron chi connectivity index (χ3n) is 5.98. The Morgan fingerprint density at radius 1 is 0.975 bits per heavy atom. The van der Waals surface area contributed by atoms with Gasteiger partial charge in [-0.1, -0.05) is 6.07 Å². The van der Waals surface area contributed by atoms with Crippen LogP contribution in [0.1, 0.15) is 34.7 Å². The highest BCUT2D eigenvalue weighted by molar-refractivity contribution is 5.95. The summed E-state index contributed by atoms with van der Waals surface area (Å²) in [5.41, 5.74) is 1.62. The van der Waals surface area contributed by atoms with E-state index in [1.165, 1.54) is 0 Å². The number of alkyl halides is 6. The summed E-state index contributed by atoms with van der Waals surface area (Å²) in [7, 11) is 0. The first-order chi connectivity index (χ1) is 18.5. The molecule has 10 nitrogen and oxygen atoms in total. The third kappa shape index (κ3) is 9.82. The van der Waals surface area contributed by atoms with E-state index in [0.717, 1.165) is 57.9 Å². The number of hydrogen-bond donors (Lipinski definition) is 2. The summed E-state index contributed by atoms with van der Waals surface area (Å²) in [6.45, 7) is 6.69. The van der Waals surface area contributed by atoms with Gasteiger partial charge in [0.05, 0.1) is 29.7 Å². The Labute approximate surface area is 224 Å². The number of amides is 1. The second kappa shape index (κ2) is 13.6. The number of aliphatic carboxylic acids is 2. The standard InChI is InChI=1S/C20H25N3O3.2C2HF3O2/c1-16-18(5-12-25-16)19(24)23-9-6-20(7-10-23)15-22(11-13-26-20)14-17-4-2-3-8-21-17;2*3-2(4,5)1(6)7/h2-5,8,12H,6-7,9-11,13-15H2,1H3;2*(H,6,7). The van der Waals surface area contributed by atoms with Crippen molar-refractivity contribution in [3.8, 4) is 0 Å². The summed E-state index contributed by atoms with van der Waals surface area (Å²) in [5, 5.41) is 14.2. The number of furan rings is 1. The van der Waals surface area contributed by atoms with Gasteiger partial charge < -0.3 is 24.3 Å². The lowest BCUT2D eigenvalue weighted by Gasteiger charge is -2.47. The van der Waals surface area contributed by atoms with Crippen molar-refractivity contribution in [2.24, 2.45) is 0 Å². The lowest BCUT2D eigenvalue weighted by molar-refractivity contribution is -0.193. The van der Waals surface area contributed by atoms with Crippen LogP contribution < -0.4 is 0 Å². The average Bonchev–Trinajstić information content (AvgIpc) is 3.30. The van der Waals surface area contributed by atoms with Crippen LogP contribution in [0.5, 0.6) is 0 Å². The zero-order valence-electron chi connectivity index (χ0n) is 21.2. The fourth-order valence-electron chi connectivity index (χ4n) is 3.98. The van der Waals surface area contributed by atoms with Crippen molar-refractivity contribution in [1.29, 1.82) is 0 Å². The minimum absolute atomic E-state index is 0.0623. The first-order valence-corrected chi connectivity index (χ1v) is 11.7. The molecule has 0 aliphatic carbocycles. The number of aromatic nitrogens is 1. The summed E-state index contributed by atoms with van der Waals surface area (Å²) in [6.07, 6.45) is -5.01. The summed E-state index contributed by atoms with van der Waals surface area (Å²) >= 11 is 0. The fraction of sp³-hybridized carbons (Fsp3) is 0.500. The van der Waals surface area contributed by atoms with E-state index in [1.807, 2.05) is 30.2 Å². The highest BCUT2D eigenvalue weighted by atomic mass is 19.4. The van der Waals surface area contributed by atoms with Gasteiger partial charge in [0.15, 0.2) is 0 Å². The SMILES string of the molecule is Cc1occc1C(=O)N1CCC2(CC1)CN(Cc1ccccn1)CCO2.O=C(O)C(F)(F)F.O=C(O)C(F)(F)F. The molecule has 4 rings (SSSR count). The molecule has 2 aliphatic rings. The molecule has 2 N–H and O–H groups in total. The summed E-state index contributed by atoms with van der Waals surface area (Å²) in [4.78, 5) is 39.2. The maximum atomic E-state index is 12.7. The molecule has 0 atom stereocenters. The predicted molar refractivity (Wildman–Crippen MR) is 124 cm³/mol. The second-order valence-corrected chi connectivity index (χ2v) is 8.85. The molecule has 4 heterocycles. The van der Waals surface area contributed by atoms with Crippen molar-refractivity contribution in [1.82, 2.24) is 14.8 Å². The van der Waals surface area contributed by atoms with Crippen molar-refractivity contribution in [3.63, 3.8) is 0 Å². The van der Waals surface area contributed by atoms with Gasteiger partial charge in [0.25, 0.3) is 5.91 Å². The molecule has 0 unspecified atom stereocenters. The third-order valence-corrected chi connectivity index (χ3v) is 5.98. The maximum Gasteiger partial charge on any atom is 0.490 e. The Morgan fingerprint density at radius 3 is 2.00 bits per heavy atom. The zero-order chi connectivity index (χ0) is 30.1. The van der Waals surface area contributed by atoms with Crippen molar-refractivity contribution >= 4 is 17.8 Å². The van der Waals surface area contributed by atoms with E-state index in [-0.39, 0.29) is 11.5 Å². The number of carboxylic acids is 2. The minimum Gasteiger partial charge on any atom is -0.475 e. The summed E-state index contributed by atoms with van der Waals surface area (Å²) in [5.74, 6) is -4.77. The number of carbonyl (C=O) groups is 3. The van der Waals surface area contributed by atoms with Crippen LogP contribution in [0.15, 0.2) is 41.1 Å². The number of carboxylic acid groups (broad SMARTS) is 2. The van der Waals surface area contributed by atoms with Gasteiger partial charge >= 0.3 is 24.3 Å². The number of aryl methyl sites for hydroxylation is 1. The van der Waals surface area contributed by atoms with Crippen LogP contribution >= 0.6 is 0 Å². The van der Waals surface area contributed by atoms with E-state index in [2.05, 4.69) is 16.0 Å². The molecule has 0 saturated carbocycles. The number of carbonyl (C=O) groups excluding carboxylic acids is 1. The monoisotopic (exact) mass is 583 g/mol. The van der Waals surface area contributed by atoms with Crippen molar-refractivity contribution < 1.29 is 60.1 Å². The Kier molecular flexibility index (Phi) is 11.1. The van der Waals surface area contributed by atoms with Crippen molar-refractivity contribution in [2.45, 2.75) is 44.3 Å². The van der Waals surface area contributed by atoms with Crippen LogP contribution in [0.4, 0.5) is 26.3 Å². The average molecular weight is 583 g/mol. The lowest BCUT2D eigenvalue weighted by atomic mass is 9.89. The Balaban J connectivity index is 0.000000333. The number of halogens is 6. The van der Waals surface area contributed by atoms with Gasteiger partial charge in [-0.25, -0.2) is 9.59 Å². The van der Waals surface area contributed by atoms with Crippen LogP contribution in [-0.4, -0.2) is 93.6 Å². The molecule has 222 valence electrons. The number of nitrogens with zero attached hydrogens (tertiary/aromatic N) is 3. The first-order valence-electron chi connectivity index (χ1n) is 11.7. The van der Waals surface area contributed by atoms with Crippen molar-refractivity contribution in [2.75, 3.05) is 32.8 Å². The number of pyridine rings is 1. The Bertz CT molecular complexity index is 1110. The summed E-state index contributed by atoms with van der Waals surface area (Å²) in [6, 6.07) is 7.80. The van der Waals surface area contributed by atoms with E-state index < -0.39 is 24.3 Å². The quantitative estimate of drug-likeness (QED) is 0.519. The molecule has 0 radical (unpaired) electrons. The molecular weight excluding hydrogens is 556 g/mol. The number of hydrogen-bond acceptors (Lipinski definition) is 7. The van der Waals surface area contributed by atoms with E-state index >= 15 is 0 Å². The van der Waals surface area contributed by atoms with Crippen LogP contribution in [0.25, 0.3) is 0 Å². The largest absolute Gasteiger partial charge is 0.490 e. The Hall–Kier alpha value is -3.66. The Morgan fingerprint density at radius 2 is 1.55 bits per heavy atom. The first kappa shape index (κ1) is 32.6. The van der Waals surface area contributed by atoms with Crippen LogP contribution in [0, 0.1) is 6.92 Å². The van der Waals surface area contributed by atoms with E-state index in [9.17, 15) is 31.1 Å². The fourth-order valence-corrected chi connectivity index (χ4v) is 3.98. The second-order valence-electron chi connectivity index (χ2n) is 8.85. The van der Waals surface area contributed by atoms with Crippen LogP contribution in [0.2, 0.25) is 0 Å². The summed E-state index contributed by atoms with van der Waals surface area (Å²) < 4.78 is 74.9. The highest BCUT2D eigenvalue weighted by Gasteiger charge is 2.41. The molecule has 1 spiro atoms. The number of rotatable bonds is 3. The minimum atomic E-state index is -5.08. The van der Waals surface area contributed by atoms with Gasteiger partial charge in [0.2, 0.25) is 0 Å². The highest BCUT2D eigenvalue weighted by Crippen LogP contribution is 2.31. The van der Waals surface area contributed by atoms with Crippen LogP contribution in [0.3, 0.4) is 0 Å². The van der Waals surface area contributed by atoms with Gasteiger partial charge in [-0.3, -0.25) is 14.7 Å². The van der Waals surface area contributed by atoms with E-state index in [4.69, 9.17) is 29.0 Å². The molecule has 2 aromatic heterocycles. The molecule has 0 aromatic carbocycles. The molecule has 2 fully saturated rings. The topological polar surface area (TPSA) is 133 Å². The van der Waals surface area contributed by atoms with Crippen molar-refractivity contribution in [3.05, 3.63) is 53.7 Å². The van der Waals surface area contributed by atoms with Gasteiger partial charge in [0.1, 0.15) is 5.76 Å². The smallest absolute Gasteiger partial charge is 0.475 e. The molecule has 0 bridgehead atoms. The molecule has 2 aromatic rings. The molecule has 16 heteroatoms. The lowest BCUT2D eigenvalue weighted by Crippen LogP contribution is -2.57. The normalized spacial score (nSPS) is 17.2. The molecule has 2 aliphatic heterocycles. The van der Waals surface area contributed by atoms with Gasteiger partial charge in [0, 0.05) is 38.9 Å².